The Hall–Kier alpha value is -2.85. The van der Waals surface area contributed by atoms with Crippen LogP contribution in [0.1, 0.15) is 36.1 Å². The van der Waals surface area contributed by atoms with Crippen molar-refractivity contribution in [2.45, 2.75) is 27.7 Å². The minimum absolute atomic E-state index is 0.206. The van der Waals surface area contributed by atoms with Crippen LogP contribution in [0.3, 0.4) is 0 Å². The normalized spacial score (nSPS) is 21.5. The van der Waals surface area contributed by atoms with Crippen LogP contribution in [0.5, 0.6) is 5.75 Å². The molecule has 0 N–H and O–H groups in total. The molecule has 3 aromatic rings. The van der Waals surface area contributed by atoms with Crippen molar-refractivity contribution in [1.29, 1.82) is 0 Å². The van der Waals surface area contributed by atoms with E-state index in [9.17, 15) is 0 Å². The molecule has 0 radical (unpaired) electrons. The van der Waals surface area contributed by atoms with Gasteiger partial charge >= 0.3 is 195 Å². The fourth-order valence-corrected chi connectivity index (χ4v) is 7.06. The molecule has 0 amide bonds. The van der Waals surface area contributed by atoms with E-state index in [1.165, 1.54) is 0 Å². The Labute approximate surface area is 195 Å². The molecule has 172 valence electrons. The van der Waals surface area contributed by atoms with Gasteiger partial charge in [-0.3, -0.25) is 0 Å². The third kappa shape index (κ3) is 4.02. The molecule has 0 unspecified atom stereocenters. The molecule has 33 heavy (non-hydrogen) atoms. The first-order valence-corrected chi connectivity index (χ1v) is 13.0. The Bertz CT molecular complexity index is 1120. The van der Waals surface area contributed by atoms with Crippen molar-refractivity contribution >= 4 is 19.3 Å². The summed E-state index contributed by atoms with van der Waals surface area (Å²) in [6.07, 6.45) is 0. The second-order valence-electron chi connectivity index (χ2n) is 9.34. The average Bonchev–Trinajstić information content (AvgIpc) is 3.17. The SMILES string of the molecule is Cc1cccc(C)c1OP12(OCC(C)(C)CO1)OC(c1ccccc1)=C(c1ccccc1)O2. The van der Waals surface area contributed by atoms with E-state index in [1.54, 1.807) is 0 Å². The summed E-state index contributed by atoms with van der Waals surface area (Å²) in [5, 5.41) is 0. The second kappa shape index (κ2) is 7.88. The molecule has 2 aliphatic rings. The van der Waals surface area contributed by atoms with Gasteiger partial charge in [0.15, 0.2) is 0 Å². The van der Waals surface area contributed by atoms with Crippen LogP contribution < -0.4 is 4.52 Å². The number of para-hydroxylation sites is 1. The number of hydrogen-bond donors (Lipinski definition) is 0. The van der Waals surface area contributed by atoms with Crippen molar-refractivity contribution in [1.82, 2.24) is 0 Å². The molecule has 0 aliphatic carbocycles. The molecule has 0 saturated carbocycles. The fourth-order valence-electron chi connectivity index (χ4n) is 3.87. The summed E-state index contributed by atoms with van der Waals surface area (Å²) in [5.74, 6) is 1.74. The van der Waals surface area contributed by atoms with Gasteiger partial charge in [-0.25, -0.2) is 0 Å². The molecule has 2 heterocycles. The van der Waals surface area contributed by atoms with Crippen molar-refractivity contribution in [3.05, 3.63) is 101 Å². The first kappa shape index (κ1) is 22.0. The Morgan fingerprint density at radius 1 is 0.667 bits per heavy atom. The first-order valence-electron chi connectivity index (χ1n) is 11.1. The zero-order valence-electron chi connectivity index (χ0n) is 19.4. The van der Waals surface area contributed by atoms with Crippen LogP contribution in [0.25, 0.3) is 11.5 Å². The van der Waals surface area contributed by atoms with Crippen LogP contribution in [-0.4, -0.2) is 13.2 Å². The molecule has 3 aromatic carbocycles. The molecule has 1 saturated heterocycles. The zero-order chi connectivity index (χ0) is 23.1. The van der Waals surface area contributed by atoms with Crippen molar-refractivity contribution in [3.8, 4) is 5.75 Å². The van der Waals surface area contributed by atoms with E-state index < -0.39 is 7.74 Å². The Morgan fingerprint density at radius 2 is 1.12 bits per heavy atom. The Kier molecular flexibility index (Phi) is 5.24. The van der Waals surface area contributed by atoms with E-state index in [0.29, 0.717) is 30.5 Å². The summed E-state index contributed by atoms with van der Waals surface area (Å²) in [4.78, 5) is 0. The molecule has 5 rings (SSSR count). The third-order valence-corrected chi connectivity index (χ3v) is 8.28. The monoisotopic (exact) mass is 464 g/mol. The third-order valence-electron chi connectivity index (χ3n) is 5.74. The van der Waals surface area contributed by atoms with E-state index in [2.05, 4.69) is 13.8 Å². The summed E-state index contributed by atoms with van der Waals surface area (Å²) in [6, 6.07) is 25.7. The summed E-state index contributed by atoms with van der Waals surface area (Å²) >= 11 is 0. The van der Waals surface area contributed by atoms with Gasteiger partial charge in [0.1, 0.15) is 0 Å². The summed E-state index contributed by atoms with van der Waals surface area (Å²) in [7, 11) is -4.54. The van der Waals surface area contributed by atoms with Crippen LogP contribution >= 0.6 is 7.74 Å². The number of aryl methyl sites for hydroxylation is 2. The molecule has 0 atom stereocenters. The quantitative estimate of drug-likeness (QED) is 0.375. The van der Waals surface area contributed by atoms with Gasteiger partial charge in [-0.05, 0) is 0 Å². The second-order valence-corrected chi connectivity index (χ2v) is 11.9. The van der Waals surface area contributed by atoms with Crippen LogP contribution in [0.2, 0.25) is 0 Å². The first-order chi connectivity index (χ1) is 15.8. The number of rotatable bonds is 4. The molecule has 6 heteroatoms. The van der Waals surface area contributed by atoms with Gasteiger partial charge in [0.25, 0.3) is 0 Å². The van der Waals surface area contributed by atoms with Crippen LogP contribution in [0, 0.1) is 19.3 Å². The van der Waals surface area contributed by atoms with E-state index in [0.717, 1.165) is 22.3 Å². The van der Waals surface area contributed by atoms with Gasteiger partial charge in [-0.1, -0.05) is 0 Å². The standard InChI is InChI=1S/C27H29O5P/c1-20-12-11-13-21(2)24(20)30-33(28-18-27(3,4)19-29-33)31-25(22-14-7-5-8-15-22)26(32-33)23-16-9-6-10-17-23/h5-17H,18-19H2,1-4H3. The van der Waals surface area contributed by atoms with E-state index in [1.807, 2.05) is 92.7 Å². The summed E-state index contributed by atoms with van der Waals surface area (Å²) in [5.41, 5.74) is 3.42. The van der Waals surface area contributed by atoms with Gasteiger partial charge in [-0.15, -0.1) is 0 Å². The van der Waals surface area contributed by atoms with Crippen LogP contribution in [0.15, 0.2) is 78.9 Å². The van der Waals surface area contributed by atoms with Gasteiger partial charge in [0, 0.05) is 0 Å². The maximum absolute atomic E-state index is 6.66. The summed E-state index contributed by atoms with van der Waals surface area (Å²) in [6.45, 7) is 8.90. The van der Waals surface area contributed by atoms with Crippen LogP contribution in [0.4, 0.5) is 0 Å². The molecule has 2 aliphatic heterocycles. The molecule has 0 aromatic heterocycles. The minimum atomic E-state index is -4.54. The van der Waals surface area contributed by atoms with E-state index in [4.69, 9.17) is 22.6 Å². The predicted molar refractivity (Wildman–Crippen MR) is 131 cm³/mol. The molecular formula is C27H29O5P. The van der Waals surface area contributed by atoms with Gasteiger partial charge < -0.3 is 0 Å². The molecule has 5 nitrogen and oxygen atoms in total. The average molecular weight is 464 g/mol. The van der Waals surface area contributed by atoms with Crippen molar-refractivity contribution in [3.63, 3.8) is 0 Å². The van der Waals surface area contributed by atoms with Crippen molar-refractivity contribution in [2.24, 2.45) is 5.41 Å². The number of benzene rings is 3. The Balaban J connectivity index is 1.67. The molecule has 0 bridgehead atoms. The van der Waals surface area contributed by atoms with Crippen LogP contribution in [-0.2, 0) is 18.1 Å². The van der Waals surface area contributed by atoms with E-state index >= 15 is 0 Å². The topological polar surface area (TPSA) is 46.2 Å². The Morgan fingerprint density at radius 3 is 1.58 bits per heavy atom. The van der Waals surface area contributed by atoms with Crippen molar-refractivity contribution in [2.75, 3.05) is 13.2 Å². The van der Waals surface area contributed by atoms with Gasteiger partial charge in [-0.2, -0.15) is 0 Å². The van der Waals surface area contributed by atoms with Crippen molar-refractivity contribution < 1.29 is 22.6 Å². The maximum atomic E-state index is 6.66. The molecule has 1 fully saturated rings. The van der Waals surface area contributed by atoms with E-state index in [-0.39, 0.29) is 5.41 Å². The fraction of sp³-hybridized carbons (Fsp3) is 0.259. The van der Waals surface area contributed by atoms with Gasteiger partial charge in [0.05, 0.1) is 0 Å². The predicted octanol–water partition coefficient (Wildman–Crippen LogP) is 7.46. The zero-order valence-corrected chi connectivity index (χ0v) is 20.3. The number of hydrogen-bond acceptors (Lipinski definition) is 5. The van der Waals surface area contributed by atoms with Gasteiger partial charge in [0.2, 0.25) is 0 Å². The molecular weight excluding hydrogens is 435 g/mol. The summed E-state index contributed by atoms with van der Waals surface area (Å²) < 4.78 is 32.9. The molecule has 1 spiro atoms.